The maximum Gasteiger partial charge on any atom is 0.244 e. The van der Waals surface area contributed by atoms with E-state index in [1.54, 1.807) is 18.9 Å². The average molecular weight is 251 g/mol. The molecule has 1 aliphatic carbocycles. The Balaban J connectivity index is 2.60. The molecule has 0 saturated heterocycles. The summed E-state index contributed by atoms with van der Waals surface area (Å²) in [6, 6.07) is 1.52. The normalized spacial score (nSPS) is 27.6. The van der Waals surface area contributed by atoms with Crippen LogP contribution in [-0.4, -0.2) is 36.3 Å². The number of likely N-dealkylation sites (N-methyl/N-ethyl adjacent to an activating group) is 1. The third kappa shape index (κ3) is 2.63. The van der Waals surface area contributed by atoms with Crippen LogP contribution in [-0.2, 0) is 9.59 Å². The van der Waals surface area contributed by atoms with Gasteiger partial charge in [0.2, 0.25) is 11.8 Å². The van der Waals surface area contributed by atoms with E-state index in [9.17, 15) is 9.59 Å². The van der Waals surface area contributed by atoms with Gasteiger partial charge in [0.05, 0.1) is 6.07 Å². The molecule has 1 rings (SSSR count). The molecule has 0 aromatic heterocycles. The molecule has 0 heterocycles. The van der Waals surface area contributed by atoms with E-state index in [2.05, 4.69) is 11.4 Å². The Morgan fingerprint density at radius 3 is 2.50 bits per heavy atom. The molecule has 18 heavy (non-hydrogen) atoms. The zero-order chi connectivity index (χ0) is 13.9. The lowest BCUT2D eigenvalue weighted by Crippen LogP contribution is -2.53. The molecule has 0 spiro atoms. The molecule has 0 bridgehead atoms. The monoisotopic (exact) mass is 251 g/mol. The van der Waals surface area contributed by atoms with Crippen LogP contribution in [0.15, 0.2) is 0 Å². The van der Waals surface area contributed by atoms with E-state index in [1.165, 1.54) is 0 Å². The number of carbonyl (C=O) groups is 2. The minimum Gasteiger partial charge on any atom is -0.344 e. The highest BCUT2D eigenvalue weighted by atomic mass is 16.2. The van der Waals surface area contributed by atoms with Crippen LogP contribution in [0.5, 0.6) is 0 Å². The fourth-order valence-electron chi connectivity index (χ4n) is 2.34. The smallest absolute Gasteiger partial charge is 0.244 e. The number of hydrogen-bond acceptors (Lipinski definition) is 3. The molecule has 2 amide bonds. The predicted molar refractivity (Wildman–Crippen MR) is 67.4 cm³/mol. The van der Waals surface area contributed by atoms with Crippen molar-refractivity contribution < 1.29 is 9.59 Å². The standard InChI is InChI=1S/C13H21N3O2/c1-5-16(4)11(17)10(3)15-12(18)13(8-14)6-9(2)7-13/h9-10H,5-7H2,1-4H3,(H,15,18). The Hall–Kier alpha value is -1.57. The van der Waals surface area contributed by atoms with E-state index in [1.807, 2.05) is 13.8 Å². The number of rotatable bonds is 4. The summed E-state index contributed by atoms with van der Waals surface area (Å²) in [5, 5.41) is 11.8. The second kappa shape index (κ2) is 5.38. The number of carbonyl (C=O) groups excluding carboxylic acids is 2. The topological polar surface area (TPSA) is 73.2 Å². The molecule has 1 unspecified atom stereocenters. The molecule has 1 N–H and O–H groups in total. The molecule has 1 atom stereocenters. The first-order valence-electron chi connectivity index (χ1n) is 6.33. The van der Waals surface area contributed by atoms with Crippen molar-refractivity contribution in [2.24, 2.45) is 11.3 Å². The number of hydrogen-bond donors (Lipinski definition) is 1. The lowest BCUT2D eigenvalue weighted by atomic mass is 9.63. The van der Waals surface area contributed by atoms with Gasteiger partial charge < -0.3 is 10.2 Å². The Bertz CT molecular complexity index is 380. The van der Waals surface area contributed by atoms with Crippen LogP contribution >= 0.6 is 0 Å². The molecule has 1 fully saturated rings. The van der Waals surface area contributed by atoms with Crippen molar-refractivity contribution in [3.63, 3.8) is 0 Å². The van der Waals surface area contributed by atoms with Gasteiger partial charge in [0.15, 0.2) is 0 Å². The highest BCUT2D eigenvalue weighted by molar-refractivity contribution is 5.91. The molecule has 5 nitrogen and oxygen atoms in total. The Morgan fingerprint density at radius 1 is 1.56 bits per heavy atom. The Kier molecular flexibility index (Phi) is 4.33. The van der Waals surface area contributed by atoms with Crippen molar-refractivity contribution in [2.45, 2.75) is 39.7 Å². The Morgan fingerprint density at radius 2 is 2.11 bits per heavy atom. The lowest BCUT2D eigenvalue weighted by molar-refractivity contribution is -0.140. The summed E-state index contributed by atoms with van der Waals surface area (Å²) in [4.78, 5) is 25.4. The molecular weight excluding hydrogens is 230 g/mol. The van der Waals surface area contributed by atoms with Crippen LogP contribution in [0.2, 0.25) is 0 Å². The number of nitrogens with one attached hydrogen (secondary N) is 1. The van der Waals surface area contributed by atoms with Crippen molar-refractivity contribution in [2.75, 3.05) is 13.6 Å². The highest BCUT2D eigenvalue weighted by Crippen LogP contribution is 2.45. The van der Waals surface area contributed by atoms with Gasteiger partial charge in [-0.25, -0.2) is 0 Å². The van der Waals surface area contributed by atoms with Gasteiger partial charge in [-0.15, -0.1) is 0 Å². The highest BCUT2D eigenvalue weighted by Gasteiger charge is 2.49. The maximum absolute atomic E-state index is 12.0. The van der Waals surface area contributed by atoms with Gasteiger partial charge in [-0.05, 0) is 32.6 Å². The van der Waals surface area contributed by atoms with Crippen LogP contribution in [0.4, 0.5) is 0 Å². The third-order valence-electron chi connectivity index (χ3n) is 3.61. The van der Waals surface area contributed by atoms with E-state index in [0.717, 1.165) is 0 Å². The fraction of sp³-hybridized carbons (Fsp3) is 0.769. The van der Waals surface area contributed by atoms with Gasteiger partial charge in [-0.2, -0.15) is 5.26 Å². The van der Waals surface area contributed by atoms with Crippen molar-refractivity contribution in [3.8, 4) is 6.07 Å². The first-order chi connectivity index (χ1) is 8.36. The first kappa shape index (κ1) is 14.5. The van der Waals surface area contributed by atoms with Gasteiger partial charge in [0.1, 0.15) is 11.5 Å². The SMILES string of the molecule is CCN(C)C(=O)C(C)NC(=O)C1(C#N)CC(C)C1. The molecule has 1 saturated carbocycles. The molecule has 0 radical (unpaired) electrons. The third-order valence-corrected chi connectivity index (χ3v) is 3.61. The van der Waals surface area contributed by atoms with E-state index in [-0.39, 0.29) is 11.8 Å². The van der Waals surface area contributed by atoms with Crippen molar-refractivity contribution in [1.82, 2.24) is 10.2 Å². The van der Waals surface area contributed by atoms with E-state index in [0.29, 0.717) is 25.3 Å². The zero-order valence-corrected chi connectivity index (χ0v) is 11.5. The van der Waals surface area contributed by atoms with Crippen molar-refractivity contribution >= 4 is 11.8 Å². The first-order valence-corrected chi connectivity index (χ1v) is 6.33. The van der Waals surface area contributed by atoms with Gasteiger partial charge in [-0.3, -0.25) is 9.59 Å². The summed E-state index contributed by atoms with van der Waals surface area (Å²) in [7, 11) is 1.69. The fourth-order valence-corrected chi connectivity index (χ4v) is 2.34. The van der Waals surface area contributed by atoms with Gasteiger partial charge in [0, 0.05) is 13.6 Å². The van der Waals surface area contributed by atoms with Crippen LogP contribution in [0, 0.1) is 22.7 Å². The molecule has 1 aliphatic rings. The molecule has 100 valence electrons. The van der Waals surface area contributed by atoms with Crippen LogP contribution < -0.4 is 5.32 Å². The Labute approximate surface area is 108 Å². The second-order valence-electron chi connectivity index (χ2n) is 5.25. The van der Waals surface area contributed by atoms with Crippen LogP contribution in [0.25, 0.3) is 0 Å². The summed E-state index contributed by atoms with van der Waals surface area (Å²) in [6.07, 6.45) is 1.17. The molecule has 5 heteroatoms. The minimum absolute atomic E-state index is 0.133. The maximum atomic E-state index is 12.0. The van der Waals surface area contributed by atoms with Crippen molar-refractivity contribution in [3.05, 3.63) is 0 Å². The van der Waals surface area contributed by atoms with Gasteiger partial charge in [0.25, 0.3) is 0 Å². The van der Waals surface area contributed by atoms with Crippen LogP contribution in [0.3, 0.4) is 0 Å². The number of amides is 2. The minimum atomic E-state index is -0.918. The molecule has 0 aromatic carbocycles. The number of nitrogens with zero attached hydrogens (tertiary/aromatic N) is 2. The summed E-state index contributed by atoms with van der Waals surface area (Å²) in [5.41, 5.74) is -0.918. The summed E-state index contributed by atoms with van der Waals surface area (Å²) < 4.78 is 0. The number of nitriles is 1. The molecule has 0 aromatic rings. The van der Waals surface area contributed by atoms with E-state index in [4.69, 9.17) is 5.26 Å². The van der Waals surface area contributed by atoms with Gasteiger partial charge >= 0.3 is 0 Å². The lowest BCUT2D eigenvalue weighted by Gasteiger charge is -2.39. The largest absolute Gasteiger partial charge is 0.344 e. The average Bonchev–Trinajstić information content (AvgIpc) is 2.32. The second-order valence-corrected chi connectivity index (χ2v) is 5.25. The summed E-state index contributed by atoms with van der Waals surface area (Å²) in [6.45, 7) is 6.14. The molecular formula is C13H21N3O2. The van der Waals surface area contributed by atoms with Crippen molar-refractivity contribution in [1.29, 1.82) is 5.26 Å². The predicted octanol–water partition coefficient (Wildman–Crippen LogP) is 0.909. The quantitative estimate of drug-likeness (QED) is 0.807. The van der Waals surface area contributed by atoms with Gasteiger partial charge in [-0.1, -0.05) is 6.92 Å². The zero-order valence-electron chi connectivity index (χ0n) is 11.5. The van der Waals surface area contributed by atoms with E-state index >= 15 is 0 Å². The summed E-state index contributed by atoms with van der Waals surface area (Å²) >= 11 is 0. The van der Waals surface area contributed by atoms with Crippen LogP contribution in [0.1, 0.15) is 33.6 Å². The molecule has 0 aliphatic heterocycles. The summed E-state index contributed by atoms with van der Waals surface area (Å²) in [5.74, 6) is -0.0421. The van der Waals surface area contributed by atoms with E-state index < -0.39 is 11.5 Å².